The lowest BCUT2D eigenvalue weighted by Gasteiger charge is -2.49. The number of aliphatic carboxylic acids is 1. The van der Waals surface area contributed by atoms with Crippen molar-refractivity contribution in [1.82, 2.24) is 25.8 Å². The largest absolute Gasteiger partial charge is 0.477 e. The first kappa shape index (κ1) is 48.0. The number of aliphatic hydroxyl groups is 4. The van der Waals surface area contributed by atoms with E-state index in [4.69, 9.17) is 36.1 Å². The van der Waals surface area contributed by atoms with Gasteiger partial charge in [0.2, 0.25) is 11.8 Å². The Balaban J connectivity index is 0.000000230. The highest BCUT2D eigenvalue weighted by atomic mass is 32.2. The van der Waals surface area contributed by atoms with Crippen LogP contribution < -0.4 is 33.2 Å². The summed E-state index contributed by atoms with van der Waals surface area (Å²) >= 11 is 1.45. The number of nitrogens with zero attached hydrogens (tertiary/aromatic N) is 2. The zero-order valence-corrected chi connectivity index (χ0v) is 35.9. The van der Waals surface area contributed by atoms with Crippen LogP contribution in [0, 0.1) is 11.8 Å². The van der Waals surface area contributed by atoms with Crippen LogP contribution in [0.25, 0.3) is 0 Å². The SMILES string of the molecule is CCN[C@@H]1C[C@@H](N)[C@@H](O[C@H]2O[C@H](CN)CC[C@@H]2N)[C@H](O)[C@H]1O[C@@H]1OC[C@@](C)(O)[C@H](NC)[C@H]1O.C[C@@H](O)[C@H]1C(=O)N2C(C(=O)O)=C(S[C@@H]3CN[C@H](C(=O)N(C)C)C3)[C@H](C)[C@H]12. The van der Waals surface area contributed by atoms with Crippen molar-refractivity contribution in [2.45, 2.75) is 150 Å². The maximum Gasteiger partial charge on any atom is 0.353 e. The van der Waals surface area contributed by atoms with Gasteiger partial charge < -0.3 is 87.4 Å². The minimum Gasteiger partial charge on any atom is -0.477 e. The van der Waals surface area contributed by atoms with Gasteiger partial charge in [0.25, 0.3) is 0 Å². The Morgan fingerprint density at radius 1 is 1.12 bits per heavy atom. The summed E-state index contributed by atoms with van der Waals surface area (Å²) in [5, 5.41) is 61.6. The summed E-state index contributed by atoms with van der Waals surface area (Å²) in [6.07, 6.45) is -4.16. The fourth-order valence-corrected chi connectivity index (χ4v) is 10.7. The minimum atomic E-state index is -1.28. The molecule has 6 rings (SSSR count). The number of hydrogen-bond donors (Lipinski definition) is 11. The third kappa shape index (κ3) is 10.1. The smallest absolute Gasteiger partial charge is 0.353 e. The third-order valence-electron chi connectivity index (χ3n) is 12.4. The number of ether oxygens (including phenoxy) is 4. The molecule has 21 heteroatoms. The van der Waals surface area contributed by atoms with E-state index in [1.165, 1.54) is 16.7 Å². The van der Waals surface area contributed by atoms with E-state index in [0.717, 1.165) is 6.42 Å². The van der Waals surface area contributed by atoms with Gasteiger partial charge in [0, 0.05) is 55.3 Å². The summed E-state index contributed by atoms with van der Waals surface area (Å²) < 4.78 is 23.7. The van der Waals surface area contributed by atoms with E-state index < -0.39 is 72.7 Å². The van der Waals surface area contributed by atoms with Crippen LogP contribution in [0.5, 0.6) is 0 Å². The standard InChI is InChI=1S/C21H43N5O7.C17H25N3O5S/c1-4-26-13-7-12(24)16(32-19-11(23)6-5-10(8-22)31-19)14(27)17(13)33-20-15(28)18(25-3)21(2,29)9-30-20;1-7-12-11(8(2)21)16(23)20(12)13(17(24)25)14(7)26-9-5-10(18-6-9)15(22)19(3)4/h10-20,25-29H,4-9,22-24H2,1-3H3;7-12,18,21H,5-6H2,1-4H3,(H,24,25)/t10-,11-,12+,13+,14-,15+,16+,17-,18+,19+,20-,21+;7-,8-,9+,10+,11-,12-/m01/s1. The van der Waals surface area contributed by atoms with Gasteiger partial charge in [-0.15, -0.1) is 11.8 Å². The van der Waals surface area contributed by atoms with Gasteiger partial charge in [-0.05, 0) is 53.1 Å². The average molecular weight is 861 g/mol. The zero-order valence-electron chi connectivity index (χ0n) is 35.1. The maximum atomic E-state index is 12.3. The van der Waals surface area contributed by atoms with Gasteiger partial charge in [-0.1, -0.05) is 13.8 Å². The Bertz CT molecular complexity index is 1510. The van der Waals surface area contributed by atoms with Gasteiger partial charge in [-0.3, -0.25) is 9.59 Å². The molecule has 18 atom stereocenters. The summed E-state index contributed by atoms with van der Waals surface area (Å²) in [6.45, 7) is 8.55. The molecule has 5 aliphatic heterocycles. The second-order valence-corrected chi connectivity index (χ2v) is 18.4. The molecule has 338 valence electrons. The first-order chi connectivity index (χ1) is 27.8. The number of rotatable bonds is 13. The van der Waals surface area contributed by atoms with Crippen molar-refractivity contribution >= 4 is 29.5 Å². The lowest BCUT2D eigenvalue weighted by molar-refractivity contribution is -0.308. The molecule has 1 aliphatic carbocycles. The molecule has 0 aromatic rings. The predicted octanol–water partition coefficient (Wildman–Crippen LogP) is -3.63. The highest BCUT2D eigenvalue weighted by Crippen LogP contribution is 2.52. The number of β-lactam (4-membered cyclic amide) rings is 1. The quantitative estimate of drug-likeness (QED) is 0.0796. The molecule has 0 unspecified atom stereocenters. The van der Waals surface area contributed by atoms with E-state index >= 15 is 0 Å². The Kier molecular flexibility index (Phi) is 16.2. The summed E-state index contributed by atoms with van der Waals surface area (Å²) in [6, 6.07) is -2.41. The number of hydrogen-bond acceptors (Lipinski definition) is 18. The first-order valence-corrected chi connectivity index (χ1v) is 21.5. The number of carboxylic acids is 1. The van der Waals surface area contributed by atoms with Gasteiger partial charge in [0.15, 0.2) is 12.6 Å². The van der Waals surface area contributed by atoms with Crippen LogP contribution in [0.2, 0.25) is 0 Å². The molecule has 2 amide bonds. The van der Waals surface area contributed by atoms with Gasteiger partial charge in [-0.25, -0.2) is 4.79 Å². The van der Waals surface area contributed by atoms with E-state index in [9.17, 15) is 39.9 Å². The molecule has 0 bridgehead atoms. The highest BCUT2D eigenvalue weighted by Gasteiger charge is 2.60. The molecule has 6 aliphatic rings. The molecule has 59 heavy (non-hydrogen) atoms. The second-order valence-electron chi connectivity index (χ2n) is 17.1. The van der Waals surface area contributed by atoms with Crippen molar-refractivity contribution < 1.29 is 58.9 Å². The van der Waals surface area contributed by atoms with Crippen LogP contribution in [0.4, 0.5) is 0 Å². The monoisotopic (exact) mass is 860 g/mol. The second kappa shape index (κ2) is 20.0. The summed E-state index contributed by atoms with van der Waals surface area (Å²) in [5.74, 6) is -2.14. The number of nitrogens with one attached hydrogen (secondary N) is 3. The van der Waals surface area contributed by atoms with Crippen molar-refractivity contribution in [3.8, 4) is 0 Å². The third-order valence-corrected chi connectivity index (χ3v) is 13.9. The zero-order chi connectivity index (χ0) is 43.7. The van der Waals surface area contributed by atoms with E-state index in [1.54, 1.807) is 39.9 Å². The van der Waals surface area contributed by atoms with Gasteiger partial charge >= 0.3 is 5.97 Å². The Morgan fingerprint density at radius 2 is 1.80 bits per heavy atom. The fourth-order valence-electron chi connectivity index (χ4n) is 9.26. The van der Waals surface area contributed by atoms with Crippen molar-refractivity contribution in [3.63, 3.8) is 0 Å². The van der Waals surface area contributed by atoms with Crippen molar-refractivity contribution in [3.05, 3.63) is 10.6 Å². The number of amides is 2. The minimum absolute atomic E-state index is 0.00757. The normalized spacial score (nSPS) is 42.7. The number of carbonyl (C=O) groups is 3. The van der Waals surface area contributed by atoms with Crippen LogP contribution in [-0.4, -0.2) is 197 Å². The summed E-state index contributed by atoms with van der Waals surface area (Å²) in [5.41, 5.74) is 17.1. The van der Waals surface area contributed by atoms with E-state index in [1.807, 2.05) is 13.8 Å². The molecule has 5 fully saturated rings. The van der Waals surface area contributed by atoms with Gasteiger partial charge in [-0.2, -0.15) is 0 Å². The van der Waals surface area contributed by atoms with E-state index in [0.29, 0.717) is 43.8 Å². The number of nitrogens with two attached hydrogens (primary N) is 3. The number of likely N-dealkylation sites (N-methyl/N-ethyl adjacent to an activating group) is 3. The van der Waals surface area contributed by atoms with Crippen molar-refractivity contribution in [2.75, 3.05) is 47.4 Å². The Labute approximate surface area is 350 Å². The topological polar surface area (TPSA) is 310 Å². The lowest BCUT2D eigenvalue weighted by Crippen LogP contribution is -2.69. The number of thioether (sulfide) groups is 1. The number of carbonyl (C=O) groups excluding carboxylic acids is 2. The van der Waals surface area contributed by atoms with E-state index in [2.05, 4.69) is 16.0 Å². The van der Waals surface area contributed by atoms with Crippen LogP contribution in [0.15, 0.2) is 10.6 Å². The van der Waals surface area contributed by atoms with Crippen LogP contribution >= 0.6 is 11.8 Å². The fraction of sp³-hybridized carbons (Fsp3) is 0.868. The Hall–Kier alpha value is -2.06. The molecule has 1 saturated carbocycles. The number of aliphatic hydroxyl groups excluding tert-OH is 3. The molecule has 0 aromatic carbocycles. The maximum absolute atomic E-state index is 12.3. The lowest BCUT2D eigenvalue weighted by atomic mass is 9.79. The van der Waals surface area contributed by atoms with Gasteiger partial charge in [0.05, 0.1) is 48.9 Å². The van der Waals surface area contributed by atoms with Crippen LogP contribution in [0.1, 0.15) is 53.4 Å². The molecule has 0 spiro atoms. The number of carboxylic acid groups (broad SMARTS) is 1. The molecule has 0 aromatic heterocycles. The molecule has 0 radical (unpaired) electrons. The average Bonchev–Trinajstić information content (AvgIpc) is 3.73. The summed E-state index contributed by atoms with van der Waals surface area (Å²) in [4.78, 5) is 39.8. The molecular weight excluding hydrogens is 793 g/mol. The van der Waals surface area contributed by atoms with Crippen LogP contribution in [0.3, 0.4) is 0 Å². The number of fused-ring (bicyclic) bond motifs is 1. The molecular formula is C38H68N8O12S. The van der Waals surface area contributed by atoms with E-state index in [-0.39, 0.29) is 65.6 Å². The molecule has 20 nitrogen and oxygen atoms in total. The highest BCUT2D eigenvalue weighted by molar-refractivity contribution is 8.03. The Morgan fingerprint density at radius 3 is 2.39 bits per heavy atom. The summed E-state index contributed by atoms with van der Waals surface area (Å²) in [7, 11) is 5.06. The predicted molar refractivity (Wildman–Crippen MR) is 216 cm³/mol. The van der Waals surface area contributed by atoms with Gasteiger partial charge in [0.1, 0.15) is 35.7 Å². The molecule has 5 heterocycles. The molecule has 4 saturated heterocycles. The molecule has 14 N–H and O–H groups in total. The van der Waals surface area contributed by atoms with Crippen molar-refractivity contribution in [1.29, 1.82) is 0 Å². The first-order valence-electron chi connectivity index (χ1n) is 20.7. The van der Waals surface area contributed by atoms with Crippen LogP contribution in [-0.2, 0) is 33.3 Å². The van der Waals surface area contributed by atoms with Crippen molar-refractivity contribution in [2.24, 2.45) is 29.0 Å².